The second-order valence-electron chi connectivity index (χ2n) is 6.94. The van der Waals surface area contributed by atoms with Gasteiger partial charge in [0.1, 0.15) is 15.6 Å². The lowest BCUT2D eigenvalue weighted by Crippen LogP contribution is -2.33. The molecule has 3 aromatic rings. The second-order valence-corrected chi connectivity index (χ2v) is 10.8. The number of aryl methyl sites for hydroxylation is 2. The van der Waals surface area contributed by atoms with Crippen LogP contribution in [0.3, 0.4) is 0 Å². The maximum Gasteiger partial charge on any atom is 0.270 e. The number of hydrogen-bond donors (Lipinski definition) is 1. The molecule has 0 aliphatic heterocycles. The molecule has 0 spiro atoms. The molecule has 0 saturated carbocycles. The first-order chi connectivity index (χ1) is 14.5. The van der Waals surface area contributed by atoms with E-state index in [0.29, 0.717) is 16.9 Å². The zero-order chi connectivity index (χ0) is 22.9. The summed E-state index contributed by atoms with van der Waals surface area (Å²) in [5.74, 6) is -0.678. The molecule has 162 valence electrons. The van der Waals surface area contributed by atoms with Crippen molar-refractivity contribution in [1.29, 1.82) is 0 Å². The number of anilines is 1. The fraction of sp³-hybridized carbons (Fsp3) is 0.190. The van der Waals surface area contributed by atoms with Crippen molar-refractivity contribution in [2.75, 3.05) is 5.32 Å². The number of halogens is 1. The Labute approximate surface area is 188 Å². The maximum atomic E-state index is 13.1. The van der Waals surface area contributed by atoms with Crippen molar-refractivity contribution >= 4 is 50.2 Å². The van der Waals surface area contributed by atoms with Gasteiger partial charge in [-0.15, -0.1) is 11.3 Å². The lowest BCUT2D eigenvalue weighted by atomic mass is 10.1. The van der Waals surface area contributed by atoms with Crippen molar-refractivity contribution in [3.05, 3.63) is 74.0 Å². The largest absolute Gasteiger partial charge is 0.325 e. The molecule has 31 heavy (non-hydrogen) atoms. The van der Waals surface area contributed by atoms with Crippen LogP contribution >= 0.6 is 22.9 Å². The second kappa shape index (κ2) is 8.78. The fourth-order valence-electron chi connectivity index (χ4n) is 3.13. The highest BCUT2D eigenvalue weighted by Crippen LogP contribution is 2.30. The van der Waals surface area contributed by atoms with Crippen LogP contribution in [0.15, 0.2) is 56.4 Å². The molecule has 0 aliphatic rings. The number of carbonyl (C=O) groups excluding carboxylic acids is 2. The summed E-state index contributed by atoms with van der Waals surface area (Å²) in [5.41, 5.74) is 0.784. The van der Waals surface area contributed by atoms with E-state index in [1.807, 2.05) is 0 Å². The third-order valence-electron chi connectivity index (χ3n) is 4.59. The van der Waals surface area contributed by atoms with Gasteiger partial charge >= 0.3 is 0 Å². The highest BCUT2D eigenvalue weighted by molar-refractivity contribution is 7.93. The van der Waals surface area contributed by atoms with E-state index in [2.05, 4.69) is 5.32 Å². The minimum absolute atomic E-state index is 0.0430. The molecule has 0 saturated heterocycles. The number of thiophene rings is 1. The van der Waals surface area contributed by atoms with E-state index >= 15 is 0 Å². The van der Waals surface area contributed by atoms with Crippen molar-refractivity contribution in [3.63, 3.8) is 0 Å². The van der Waals surface area contributed by atoms with Gasteiger partial charge in [0.25, 0.3) is 5.56 Å². The van der Waals surface area contributed by atoms with E-state index in [9.17, 15) is 22.8 Å². The molecule has 2 heterocycles. The molecule has 7 nitrogen and oxygen atoms in total. The predicted molar refractivity (Wildman–Crippen MR) is 120 cm³/mol. The predicted octanol–water partition coefficient (Wildman–Crippen LogP) is 3.85. The summed E-state index contributed by atoms with van der Waals surface area (Å²) >= 11 is 6.72. The number of rotatable bonds is 6. The molecular formula is C21H19ClN2O5S2. The van der Waals surface area contributed by atoms with E-state index < -0.39 is 21.3 Å². The minimum atomic E-state index is -4.10. The van der Waals surface area contributed by atoms with Gasteiger partial charge in [0.2, 0.25) is 15.7 Å². The Morgan fingerprint density at radius 2 is 1.84 bits per heavy atom. The first-order valence-electron chi connectivity index (χ1n) is 9.13. The average molecular weight is 479 g/mol. The summed E-state index contributed by atoms with van der Waals surface area (Å²) in [7, 11) is -4.10. The molecule has 0 unspecified atom stereocenters. The Morgan fingerprint density at radius 3 is 2.45 bits per heavy atom. The molecule has 1 amide bonds. The number of Topliss-reactive ketones (excluding diaryl/α,β-unsaturated/α-hetero) is 1. The van der Waals surface area contributed by atoms with Crippen molar-refractivity contribution in [1.82, 2.24) is 4.57 Å². The van der Waals surface area contributed by atoms with Gasteiger partial charge in [-0.25, -0.2) is 8.42 Å². The van der Waals surface area contributed by atoms with Crippen molar-refractivity contribution in [2.45, 2.75) is 36.4 Å². The zero-order valence-electron chi connectivity index (χ0n) is 16.9. The topological polar surface area (TPSA) is 102 Å². The van der Waals surface area contributed by atoms with E-state index in [1.165, 1.54) is 32.0 Å². The van der Waals surface area contributed by atoms with E-state index in [1.54, 1.807) is 31.2 Å². The number of aromatic nitrogens is 1. The van der Waals surface area contributed by atoms with Crippen LogP contribution in [0.25, 0.3) is 0 Å². The maximum absolute atomic E-state index is 13.1. The molecule has 0 aliphatic carbocycles. The van der Waals surface area contributed by atoms with Crippen LogP contribution in [0.5, 0.6) is 0 Å². The normalized spacial score (nSPS) is 11.4. The Bertz CT molecular complexity index is 1360. The number of carbonyl (C=O) groups is 2. The number of benzene rings is 1. The molecular weight excluding hydrogens is 460 g/mol. The van der Waals surface area contributed by atoms with Crippen molar-refractivity contribution in [2.24, 2.45) is 0 Å². The third kappa shape index (κ3) is 4.79. The van der Waals surface area contributed by atoms with Gasteiger partial charge in [0, 0.05) is 16.9 Å². The number of ketones is 1. The van der Waals surface area contributed by atoms with Gasteiger partial charge in [0.15, 0.2) is 5.78 Å². The Morgan fingerprint density at radius 1 is 1.13 bits per heavy atom. The molecule has 0 bridgehead atoms. The van der Waals surface area contributed by atoms with Crippen LogP contribution in [0.2, 0.25) is 4.34 Å². The standard InChI is InChI=1S/C21H19ClN2O5S2/c1-12-9-13(2)24(11-18(26)23-16-6-4-5-15(10-16)14(3)25)21(27)20(12)31(28,29)19-8-7-17(22)30-19/h4-10H,11H2,1-3H3,(H,23,26). The van der Waals surface area contributed by atoms with Crippen molar-refractivity contribution in [3.8, 4) is 0 Å². The van der Waals surface area contributed by atoms with E-state index in [-0.39, 0.29) is 31.3 Å². The SMILES string of the molecule is CC(=O)c1cccc(NC(=O)Cn2c(C)cc(C)c(S(=O)(=O)c3ccc(Cl)s3)c2=O)c1. The van der Waals surface area contributed by atoms with Gasteiger partial charge in [-0.05, 0) is 56.7 Å². The van der Waals surface area contributed by atoms with Gasteiger partial charge in [-0.1, -0.05) is 23.7 Å². The first-order valence-corrected chi connectivity index (χ1v) is 11.8. The summed E-state index contributed by atoms with van der Waals surface area (Å²) in [6.45, 7) is 4.19. The number of pyridine rings is 1. The van der Waals surface area contributed by atoms with Gasteiger partial charge in [0.05, 0.1) is 4.34 Å². The zero-order valence-corrected chi connectivity index (χ0v) is 19.3. The molecule has 0 fully saturated rings. The minimum Gasteiger partial charge on any atom is -0.325 e. The third-order valence-corrected chi connectivity index (χ3v) is 8.22. The van der Waals surface area contributed by atoms with Gasteiger partial charge in [-0.2, -0.15) is 0 Å². The number of nitrogens with one attached hydrogen (secondary N) is 1. The molecule has 2 aromatic heterocycles. The van der Waals surface area contributed by atoms with Crippen LogP contribution in [0, 0.1) is 13.8 Å². The quantitative estimate of drug-likeness (QED) is 0.542. The van der Waals surface area contributed by atoms with Crippen LogP contribution in [0.4, 0.5) is 5.69 Å². The van der Waals surface area contributed by atoms with Gasteiger partial charge < -0.3 is 9.88 Å². The molecule has 0 radical (unpaired) electrons. The average Bonchev–Trinajstić information content (AvgIpc) is 3.12. The van der Waals surface area contributed by atoms with Crippen LogP contribution in [-0.2, 0) is 21.2 Å². The molecule has 1 aromatic carbocycles. The molecule has 1 N–H and O–H groups in total. The Balaban J connectivity index is 1.96. The summed E-state index contributed by atoms with van der Waals surface area (Å²) in [6, 6.07) is 10.7. The lowest BCUT2D eigenvalue weighted by Gasteiger charge is -2.14. The highest BCUT2D eigenvalue weighted by Gasteiger charge is 2.27. The molecule has 0 atom stereocenters. The smallest absolute Gasteiger partial charge is 0.270 e. The van der Waals surface area contributed by atoms with E-state index in [0.717, 1.165) is 15.9 Å². The molecule has 3 rings (SSSR count). The summed E-state index contributed by atoms with van der Waals surface area (Å²) in [6.07, 6.45) is 0. The fourth-order valence-corrected chi connectivity index (χ4v) is 6.28. The van der Waals surface area contributed by atoms with Gasteiger partial charge in [-0.3, -0.25) is 14.4 Å². The number of nitrogens with zero attached hydrogens (tertiary/aromatic N) is 1. The number of sulfone groups is 1. The lowest BCUT2D eigenvalue weighted by molar-refractivity contribution is -0.116. The summed E-state index contributed by atoms with van der Waals surface area (Å²) < 4.78 is 27.4. The number of hydrogen-bond acceptors (Lipinski definition) is 6. The van der Waals surface area contributed by atoms with E-state index in [4.69, 9.17) is 11.6 Å². The molecule has 10 heteroatoms. The van der Waals surface area contributed by atoms with Crippen LogP contribution in [-0.4, -0.2) is 24.7 Å². The van der Waals surface area contributed by atoms with Crippen LogP contribution in [0.1, 0.15) is 28.5 Å². The highest BCUT2D eigenvalue weighted by atomic mass is 35.5. The van der Waals surface area contributed by atoms with Crippen molar-refractivity contribution < 1.29 is 18.0 Å². The Hall–Kier alpha value is -2.75. The monoisotopic (exact) mass is 478 g/mol. The first kappa shape index (κ1) is 22.9. The van der Waals surface area contributed by atoms with Crippen LogP contribution < -0.4 is 10.9 Å². The summed E-state index contributed by atoms with van der Waals surface area (Å²) in [5, 5.41) is 2.63. The number of amides is 1. The summed E-state index contributed by atoms with van der Waals surface area (Å²) in [4.78, 5) is 36.8. The Kier molecular flexibility index (Phi) is 6.49.